The van der Waals surface area contributed by atoms with Crippen LogP contribution in [0, 0.1) is 11.8 Å². The van der Waals surface area contributed by atoms with Crippen molar-refractivity contribution >= 4 is 11.9 Å². The lowest BCUT2D eigenvalue weighted by Crippen LogP contribution is -2.46. The highest BCUT2D eigenvalue weighted by atomic mass is 16.5. The second-order valence-electron chi connectivity index (χ2n) is 6.62. The average Bonchev–Trinajstić information content (AvgIpc) is 3.41. The molecule has 2 fully saturated rings. The van der Waals surface area contributed by atoms with Crippen molar-refractivity contribution in [2.45, 2.75) is 46.0 Å². The number of hydrogen-bond donors (Lipinski definition) is 1. The van der Waals surface area contributed by atoms with Gasteiger partial charge in [0.1, 0.15) is 0 Å². The minimum absolute atomic E-state index is 0.0416. The first-order valence-electron chi connectivity index (χ1n) is 9.52. The molecule has 0 aromatic rings. The molecule has 1 N–H and O–H groups in total. The van der Waals surface area contributed by atoms with Gasteiger partial charge in [-0.3, -0.25) is 9.79 Å². The van der Waals surface area contributed by atoms with Gasteiger partial charge in [-0.15, -0.1) is 0 Å². The minimum Gasteiger partial charge on any atom is -0.466 e. The molecule has 0 radical (unpaired) electrons. The maximum absolute atomic E-state index is 11.8. The number of rotatable bonds is 9. The molecule has 6 nitrogen and oxygen atoms in total. The van der Waals surface area contributed by atoms with Gasteiger partial charge in [-0.05, 0) is 51.9 Å². The summed E-state index contributed by atoms with van der Waals surface area (Å²) in [7, 11) is 0. The van der Waals surface area contributed by atoms with Gasteiger partial charge in [0.05, 0.1) is 12.5 Å². The summed E-state index contributed by atoms with van der Waals surface area (Å²) in [6.45, 7) is 9.47. The van der Waals surface area contributed by atoms with Crippen LogP contribution in [0.1, 0.15) is 46.0 Å². The van der Waals surface area contributed by atoms with Gasteiger partial charge in [0, 0.05) is 39.4 Å². The Labute approximate surface area is 146 Å². The molecule has 1 saturated heterocycles. The zero-order valence-electron chi connectivity index (χ0n) is 15.3. The molecule has 0 atom stereocenters. The van der Waals surface area contributed by atoms with Gasteiger partial charge >= 0.3 is 5.97 Å². The van der Waals surface area contributed by atoms with Crippen molar-refractivity contribution < 1.29 is 14.3 Å². The Hall–Kier alpha value is -1.30. The van der Waals surface area contributed by atoms with Gasteiger partial charge in [-0.1, -0.05) is 0 Å². The Morgan fingerprint density at radius 2 is 1.96 bits per heavy atom. The van der Waals surface area contributed by atoms with Gasteiger partial charge in [-0.25, -0.2) is 0 Å². The molecule has 0 aromatic carbocycles. The Morgan fingerprint density at radius 3 is 2.58 bits per heavy atom. The summed E-state index contributed by atoms with van der Waals surface area (Å²) < 4.78 is 10.8. The second-order valence-corrected chi connectivity index (χ2v) is 6.62. The van der Waals surface area contributed by atoms with E-state index in [0.29, 0.717) is 6.61 Å². The lowest BCUT2D eigenvalue weighted by Gasteiger charge is -2.33. The van der Waals surface area contributed by atoms with Crippen molar-refractivity contribution in [1.29, 1.82) is 0 Å². The van der Waals surface area contributed by atoms with E-state index in [-0.39, 0.29) is 11.9 Å². The van der Waals surface area contributed by atoms with E-state index in [4.69, 9.17) is 14.5 Å². The number of hydrogen-bond acceptors (Lipinski definition) is 4. The van der Waals surface area contributed by atoms with Crippen molar-refractivity contribution in [3.63, 3.8) is 0 Å². The van der Waals surface area contributed by atoms with Gasteiger partial charge in [0.15, 0.2) is 5.96 Å². The van der Waals surface area contributed by atoms with Crippen LogP contribution in [0.3, 0.4) is 0 Å². The molecule has 0 bridgehead atoms. The predicted octanol–water partition coefficient (Wildman–Crippen LogP) is 2.04. The lowest BCUT2D eigenvalue weighted by molar-refractivity contribution is -0.149. The third-order valence-corrected chi connectivity index (χ3v) is 4.51. The fraction of sp³-hybridized carbons (Fsp3) is 0.889. The number of aliphatic imine (C=N–C) groups is 1. The van der Waals surface area contributed by atoms with E-state index in [1.54, 1.807) is 0 Å². The van der Waals surface area contributed by atoms with Gasteiger partial charge in [-0.2, -0.15) is 0 Å². The van der Waals surface area contributed by atoms with Crippen LogP contribution in [0.2, 0.25) is 0 Å². The quantitative estimate of drug-likeness (QED) is 0.301. The number of carbonyl (C=O) groups is 1. The summed E-state index contributed by atoms with van der Waals surface area (Å²) in [6.07, 6.45) is 5.32. The SMILES string of the molecule is CCNC(=NCCCOCC1CC1)N1CCC(C(=O)OCC)CC1. The number of nitrogens with one attached hydrogen (secondary N) is 1. The molecular weight excluding hydrogens is 306 g/mol. The standard InChI is InChI=1S/C18H33N3O3/c1-3-19-18(20-10-5-13-23-14-15-6-7-15)21-11-8-16(9-12-21)17(22)24-4-2/h15-16H,3-14H2,1-2H3,(H,19,20). The fourth-order valence-corrected chi connectivity index (χ4v) is 2.90. The smallest absolute Gasteiger partial charge is 0.309 e. The van der Waals surface area contributed by atoms with E-state index in [2.05, 4.69) is 17.1 Å². The molecule has 6 heteroatoms. The summed E-state index contributed by atoms with van der Waals surface area (Å²) in [4.78, 5) is 18.8. The van der Waals surface area contributed by atoms with E-state index in [0.717, 1.165) is 70.5 Å². The lowest BCUT2D eigenvalue weighted by atomic mass is 9.97. The molecular formula is C18H33N3O3. The number of ether oxygens (including phenoxy) is 2. The maximum Gasteiger partial charge on any atom is 0.309 e. The zero-order chi connectivity index (χ0) is 17.2. The first-order chi connectivity index (χ1) is 11.7. The molecule has 24 heavy (non-hydrogen) atoms. The number of esters is 1. The average molecular weight is 339 g/mol. The molecule has 1 aliphatic carbocycles. The molecule has 0 spiro atoms. The molecule has 0 unspecified atom stereocenters. The second kappa shape index (κ2) is 10.5. The molecule has 2 rings (SSSR count). The van der Waals surface area contributed by atoms with Gasteiger partial charge in [0.2, 0.25) is 0 Å². The van der Waals surface area contributed by atoms with Gasteiger partial charge in [0.25, 0.3) is 0 Å². The van der Waals surface area contributed by atoms with Crippen LogP contribution in [0.15, 0.2) is 4.99 Å². The van der Waals surface area contributed by atoms with Crippen molar-refractivity contribution in [3.05, 3.63) is 0 Å². The van der Waals surface area contributed by atoms with Crippen molar-refractivity contribution in [1.82, 2.24) is 10.2 Å². The van der Waals surface area contributed by atoms with Crippen LogP contribution in [0.4, 0.5) is 0 Å². The number of piperidine rings is 1. The molecule has 1 saturated carbocycles. The van der Waals surface area contributed by atoms with E-state index in [1.807, 2.05) is 6.92 Å². The van der Waals surface area contributed by atoms with Crippen LogP contribution in [0.25, 0.3) is 0 Å². The number of carbonyl (C=O) groups excluding carboxylic acids is 1. The minimum atomic E-state index is -0.0492. The highest BCUT2D eigenvalue weighted by Crippen LogP contribution is 2.28. The molecule has 1 heterocycles. The monoisotopic (exact) mass is 339 g/mol. The zero-order valence-corrected chi connectivity index (χ0v) is 15.3. The first-order valence-corrected chi connectivity index (χ1v) is 9.52. The Balaban J connectivity index is 1.69. The topological polar surface area (TPSA) is 63.2 Å². The Morgan fingerprint density at radius 1 is 1.21 bits per heavy atom. The van der Waals surface area contributed by atoms with Crippen LogP contribution >= 0.6 is 0 Å². The van der Waals surface area contributed by atoms with Crippen LogP contribution in [-0.4, -0.2) is 62.8 Å². The highest BCUT2D eigenvalue weighted by Gasteiger charge is 2.27. The fourth-order valence-electron chi connectivity index (χ4n) is 2.90. The summed E-state index contributed by atoms with van der Waals surface area (Å²) in [5.74, 6) is 1.78. The number of guanidine groups is 1. The first kappa shape index (κ1) is 19.0. The molecule has 138 valence electrons. The number of likely N-dealkylation sites (tertiary alicyclic amines) is 1. The Bertz CT molecular complexity index is 402. The Kier molecular flexibility index (Phi) is 8.36. The van der Waals surface area contributed by atoms with Gasteiger partial charge < -0.3 is 19.7 Å². The largest absolute Gasteiger partial charge is 0.466 e. The van der Waals surface area contributed by atoms with Crippen LogP contribution < -0.4 is 5.32 Å². The maximum atomic E-state index is 11.8. The summed E-state index contributed by atoms with van der Waals surface area (Å²) in [6, 6.07) is 0. The van der Waals surface area contributed by atoms with Crippen molar-refractivity contribution in [2.24, 2.45) is 16.8 Å². The third-order valence-electron chi connectivity index (χ3n) is 4.51. The molecule has 0 aromatic heterocycles. The van der Waals surface area contributed by atoms with E-state index in [1.165, 1.54) is 12.8 Å². The predicted molar refractivity (Wildman–Crippen MR) is 95.1 cm³/mol. The van der Waals surface area contributed by atoms with Crippen molar-refractivity contribution in [2.75, 3.05) is 46.0 Å². The summed E-state index contributed by atoms with van der Waals surface area (Å²) in [5, 5.41) is 3.36. The molecule has 0 amide bonds. The normalized spacial score (nSPS) is 19.4. The van der Waals surface area contributed by atoms with Crippen molar-refractivity contribution in [3.8, 4) is 0 Å². The molecule has 2 aliphatic rings. The summed E-state index contributed by atoms with van der Waals surface area (Å²) >= 11 is 0. The highest BCUT2D eigenvalue weighted by molar-refractivity contribution is 5.80. The van der Waals surface area contributed by atoms with E-state index in [9.17, 15) is 4.79 Å². The third kappa shape index (κ3) is 6.67. The number of nitrogens with zero attached hydrogens (tertiary/aromatic N) is 2. The molecule has 1 aliphatic heterocycles. The van der Waals surface area contributed by atoms with E-state index >= 15 is 0 Å². The van der Waals surface area contributed by atoms with E-state index < -0.39 is 0 Å². The van der Waals surface area contributed by atoms with Crippen LogP contribution in [0.5, 0.6) is 0 Å². The summed E-state index contributed by atoms with van der Waals surface area (Å²) in [5.41, 5.74) is 0. The van der Waals surface area contributed by atoms with Crippen LogP contribution in [-0.2, 0) is 14.3 Å².